The molecular weight excluding hydrogens is 450 g/mol. The summed E-state index contributed by atoms with van der Waals surface area (Å²) in [5.74, 6) is 2.48. The number of anilines is 2. The predicted molar refractivity (Wildman–Crippen MR) is 137 cm³/mol. The van der Waals surface area contributed by atoms with Crippen LogP contribution in [0, 0.1) is 0 Å². The van der Waals surface area contributed by atoms with E-state index in [0.29, 0.717) is 41.3 Å². The number of halogens is 1. The Morgan fingerprint density at radius 1 is 0.941 bits per heavy atom. The van der Waals surface area contributed by atoms with Gasteiger partial charge in [0.05, 0.1) is 17.6 Å². The molecule has 0 bridgehead atoms. The highest BCUT2D eigenvalue weighted by atomic mass is 35.5. The summed E-state index contributed by atoms with van der Waals surface area (Å²) >= 11 is 6.49. The van der Waals surface area contributed by atoms with Crippen LogP contribution >= 0.6 is 11.6 Å². The van der Waals surface area contributed by atoms with Crippen LogP contribution < -0.4 is 19.5 Å². The molecule has 1 heterocycles. The van der Waals surface area contributed by atoms with E-state index in [1.807, 2.05) is 80.6 Å². The standard InChI is InChI=1S/C27H26ClN3O3/c1-18(2)11-12-33-26-14-21-23(15-25(26)32-3)29-17-30-27(21)31-20-9-10-24(22(28)13-20)34-16-19-7-5-4-6-8-19/h4-11,13-15,17H,12,16H2,1-3H3,(H,29,30,31). The number of hydrogen-bond acceptors (Lipinski definition) is 6. The monoisotopic (exact) mass is 475 g/mol. The number of ether oxygens (including phenoxy) is 3. The zero-order valence-electron chi connectivity index (χ0n) is 19.3. The first-order valence-corrected chi connectivity index (χ1v) is 11.2. The summed E-state index contributed by atoms with van der Waals surface area (Å²) in [5.41, 5.74) is 3.77. The first-order valence-electron chi connectivity index (χ1n) is 10.9. The normalized spacial score (nSPS) is 10.6. The molecule has 0 saturated carbocycles. The lowest BCUT2D eigenvalue weighted by atomic mass is 10.2. The minimum Gasteiger partial charge on any atom is -0.493 e. The van der Waals surface area contributed by atoms with Crippen molar-refractivity contribution in [3.8, 4) is 17.2 Å². The predicted octanol–water partition coefficient (Wildman–Crippen LogP) is 6.96. The highest BCUT2D eigenvalue weighted by Crippen LogP contribution is 2.36. The molecule has 174 valence electrons. The summed E-state index contributed by atoms with van der Waals surface area (Å²) in [5, 5.41) is 4.64. The lowest BCUT2D eigenvalue weighted by Gasteiger charge is -2.14. The second kappa shape index (κ2) is 10.9. The third kappa shape index (κ3) is 5.77. The molecule has 0 aliphatic carbocycles. The fourth-order valence-electron chi connectivity index (χ4n) is 3.30. The third-order valence-corrected chi connectivity index (χ3v) is 5.38. The molecule has 1 aromatic heterocycles. The number of fused-ring (bicyclic) bond motifs is 1. The maximum atomic E-state index is 6.49. The van der Waals surface area contributed by atoms with Crippen molar-refractivity contribution in [2.75, 3.05) is 19.0 Å². The topological polar surface area (TPSA) is 65.5 Å². The molecule has 0 saturated heterocycles. The lowest BCUT2D eigenvalue weighted by molar-refractivity contribution is 0.306. The van der Waals surface area contributed by atoms with Crippen LogP contribution in [0.2, 0.25) is 5.02 Å². The van der Waals surface area contributed by atoms with Crippen molar-refractivity contribution < 1.29 is 14.2 Å². The molecular formula is C27H26ClN3O3. The Kier molecular flexibility index (Phi) is 7.50. The summed E-state index contributed by atoms with van der Waals surface area (Å²) < 4.78 is 17.3. The van der Waals surface area contributed by atoms with Crippen molar-refractivity contribution in [3.63, 3.8) is 0 Å². The van der Waals surface area contributed by atoms with Crippen molar-refractivity contribution in [2.24, 2.45) is 0 Å². The fraction of sp³-hybridized carbons (Fsp3) is 0.185. The molecule has 0 aliphatic heterocycles. The van der Waals surface area contributed by atoms with Gasteiger partial charge in [-0.2, -0.15) is 0 Å². The minimum absolute atomic E-state index is 0.445. The number of aromatic nitrogens is 2. The highest BCUT2D eigenvalue weighted by molar-refractivity contribution is 6.32. The summed E-state index contributed by atoms with van der Waals surface area (Å²) in [6, 6.07) is 19.2. The second-order valence-corrected chi connectivity index (χ2v) is 8.29. The summed E-state index contributed by atoms with van der Waals surface area (Å²) in [6.45, 7) is 4.95. The molecule has 0 atom stereocenters. The van der Waals surface area contributed by atoms with Crippen molar-refractivity contribution in [1.82, 2.24) is 9.97 Å². The van der Waals surface area contributed by atoms with Crippen molar-refractivity contribution in [3.05, 3.63) is 89.2 Å². The van der Waals surface area contributed by atoms with E-state index in [0.717, 1.165) is 22.2 Å². The van der Waals surface area contributed by atoms with Gasteiger partial charge in [0.2, 0.25) is 0 Å². The van der Waals surface area contributed by atoms with E-state index < -0.39 is 0 Å². The molecule has 4 rings (SSSR count). The molecule has 0 unspecified atom stereocenters. The van der Waals surface area contributed by atoms with Gasteiger partial charge in [0.25, 0.3) is 0 Å². The quantitative estimate of drug-likeness (QED) is 0.264. The fourth-order valence-corrected chi connectivity index (χ4v) is 3.54. The van der Waals surface area contributed by atoms with Gasteiger partial charge < -0.3 is 19.5 Å². The van der Waals surface area contributed by atoms with Gasteiger partial charge in [-0.1, -0.05) is 47.5 Å². The Labute approximate surface area is 204 Å². The van der Waals surface area contributed by atoms with E-state index in [1.54, 1.807) is 7.11 Å². The van der Waals surface area contributed by atoms with Crippen LogP contribution in [0.4, 0.5) is 11.5 Å². The Bertz CT molecular complexity index is 1310. The van der Waals surface area contributed by atoms with E-state index >= 15 is 0 Å². The molecule has 0 amide bonds. The summed E-state index contributed by atoms with van der Waals surface area (Å²) in [6.07, 6.45) is 3.51. The van der Waals surface area contributed by atoms with Crippen molar-refractivity contribution in [1.29, 1.82) is 0 Å². The van der Waals surface area contributed by atoms with Gasteiger partial charge in [-0.3, -0.25) is 0 Å². The van der Waals surface area contributed by atoms with Gasteiger partial charge in [-0.05, 0) is 49.8 Å². The van der Waals surface area contributed by atoms with Crippen LogP contribution in [0.1, 0.15) is 19.4 Å². The number of nitrogens with one attached hydrogen (secondary N) is 1. The van der Waals surface area contributed by atoms with Crippen molar-refractivity contribution in [2.45, 2.75) is 20.5 Å². The summed E-state index contributed by atoms with van der Waals surface area (Å²) in [7, 11) is 1.61. The number of benzene rings is 3. The van der Waals surface area contributed by atoms with Gasteiger partial charge in [-0.25, -0.2) is 9.97 Å². The maximum absolute atomic E-state index is 6.49. The molecule has 0 fully saturated rings. The van der Waals surface area contributed by atoms with Crippen LogP contribution in [0.3, 0.4) is 0 Å². The molecule has 7 heteroatoms. The van der Waals surface area contributed by atoms with E-state index in [4.69, 9.17) is 25.8 Å². The van der Waals surface area contributed by atoms with Gasteiger partial charge in [0.1, 0.15) is 31.1 Å². The number of allylic oxidation sites excluding steroid dienone is 1. The average Bonchev–Trinajstić information content (AvgIpc) is 2.84. The van der Waals surface area contributed by atoms with Crippen LogP contribution in [0.5, 0.6) is 17.2 Å². The molecule has 0 aliphatic rings. The smallest absolute Gasteiger partial charge is 0.162 e. The van der Waals surface area contributed by atoms with Crippen molar-refractivity contribution >= 4 is 34.0 Å². The van der Waals surface area contributed by atoms with Gasteiger partial charge >= 0.3 is 0 Å². The zero-order chi connectivity index (χ0) is 23.9. The minimum atomic E-state index is 0.445. The molecule has 6 nitrogen and oxygen atoms in total. The van der Waals surface area contributed by atoms with Gasteiger partial charge in [-0.15, -0.1) is 0 Å². The lowest BCUT2D eigenvalue weighted by Crippen LogP contribution is -2.00. The maximum Gasteiger partial charge on any atom is 0.162 e. The molecule has 0 spiro atoms. The summed E-state index contributed by atoms with van der Waals surface area (Å²) in [4.78, 5) is 8.81. The van der Waals surface area contributed by atoms with Crippen LogP contribution in [-0.2, 0) is 6.61 Å². The number of nitrogens with zero attached hydrogens (tertiary/aromatic N) is 2. The second-order valence-electron chi connectivity index (χ2n) is 7.88. The van der Waals surface area contributed by atoms with E-state index in [9.17, 15) is 0 Å². The zero-order valence-corrected chi connectivity index (χ0v) is 20.1. The van der Waals surface area contributed by atoms with E-state index in [2.05, 4.69) is 15.3 Å². The SMILES string of the molecule is COc1cc2ncnc(Nc3ccc(OCc4ccccc4)c(Cl)c3)c2cc1OCC=C(C)C. The van der Waals surface area contributed by atoms with Gasteiger partial charge in [0.15, 0.2) is 11.5 Å². The largest absolute Gasteiger partial charge is 0.493 e. The Morgan fingerprint density at radius 2 is 1.76 bits per heavy atom. The number of hydrogen-bond donors (Lipinski definition) is 1. The van der Waals surface area contributed by atoms with Crippen LogP contribution in [0.15, 0.2) is 78.6 Å². The average molecular weight is 476 g/mol. The first kappa shape index (κ1) is 23.4. The first-order chi connectivity index (χ1) is 16.5. The van der Waals surface area contributed by atoms with E-state index in [1.165, 1.54) is 11.9 Å². The Balaban J connectivity index is 1.56. The molecule has 4 aromatic rings. The van der Waals surface area contributed by atoms with Crippen LogP contribution in [0.25, 0.3) is 10.9 Å². The highest BCUT2D eigenvalue weighted by Gasteiger charge is 2.12. The van der Waals surface area contributed by atoms with Gasteiger partial charge in [0, 0.05) is 17.1 Å². The molecule has 0 radical (unpaired) electrons. The Morgan fingerprint density at radius 3 is 2.50 bits per heavy atom. The number of methoxy groups -OCH3 is 1. The molecule has 1 N–H and O–H groups in total. The van der Waals surface area contributed by atoms with Crippen LogP contribution in [-0.4, -0.2) is 23.7 Å². The Hall–Kier alpha value is -3.77. The molecule has 34 heavy (non-hydrogen) atoms. The molecule has 3 aromatic carbocycles. The third-order valence-electron chi connectivity index (χ3n) is 5.08. The van der Waals surface area contributed by atoms with E-state index in [-0.39, 0.29) is 0 Å². The number of rotatable bonds is 9.